The highest BCUT2D eigenvalue weighted by atomic mass is 16.5. The van der Waals surface area contributed by atoms with E-state index in [0.29, 0.717) is 23.1 Å². The van der Waals surface area contributed by atoms with Gasteiger partial charge in [-0.3, -0.25) is 9.89 Å². The van der Waals surface area contributed by atoms with Crippen LogP contribution in [-0.4, -0.2) is 26.1 Å². The highest BCUT2D eigenvalue weighted by Gasteiger charge is 2.15. The van der Waals surface area contributed by atoms with Gasteiger partial charge in [0, 0.05) is 35.5 Å². The van der Waals surface area contributed by atoms with E-state index in [0.717, 1.165) is 22.5 Å². The van der Waals surface area contributed by atoms with Gasteiger partial charge < -0.3 is 15.4 Å². The smallest absolute Gasteiger partial charge is 0.324 e. The molecule has 0 saturated carbocycles. The quantitative estimate of drug-likeness (QED) is 0.411. The number of aryl methyl sites for hydroxylation is 1. The van der Waals surface area contributed by atoms with Crippen molar-refractivity contribution < 1.29 is 9.53 Å². The number of nitrogens with zero attached hydrogens (tertiary/aromatic N) is 3. The maximum Gasteiger partial charge on any atom is 0.324 e. The van der Waals surface area contributed by atoms with Gasteiger partial charge in [-0.2, -0.15) is 15.1 Å². The largest absolute Gasteiger partial charge is 0.424 e. The molecule has 4 rings (SSSR count). The molecule has 2 aromatic carbocycles. The first-order valence-corrected chi connectivity index (χ1v) is 9.76. The Morgan fingerprint density at radius 1 is 1.00 bits per heavy atom. The summed E-state index contributed by atoms with van der Waals surface area (Å²) < 4.78 is 5.94. The van der Waals surface area contributed by atoms with Crippen molar-refractivity contribution in [3.8, 4) is 23.0 Å². The summed E-state index contributed by atoms with van der Waals surface area (Å²) in [7, 11) is 0. The summed E-state index contributed by atoms with van der Waals surface area (Å²) in [5.41, 5.74) is 4.21. The van der Waals surface area contributed by atoms with Crippen molar-refractivity contribution in [2.45, 2.75) is 20.8 Å². The fourth-order valence-electron chi connectivity index (χ4n) is 3.06. The molecule has 2 aromatic heterocycles. The number of H-pyrrole nitrogens is 1. The minimum Gasteiger partial charge on any atom is -0.424 e. The molecular weight excluding hydrogens is 392 g/mol. The van der Waals surface area contributed by atoms with Crippen molar-refractivity contribution in [2.24, 2.45) is 0 Å². The lowest BCUT2D eigenvalue weighted by atomic mass is 10.1. The molecule has 0 bridgehead atoms. The molecule has 0 unspecified atom stereocenters. The SMILES string of the molecule is CC(=O)Nc1ccc(Oc2nc(Nc3cc(C)[nH]n3)c(C)c(-c3ccccc3)n2)cc1. The number of carbonyl (C=O) groups is 1. The molecule has 0 radical (unpaired) electrons. The summed E-state index contributed by atoms with van der Waals surface area (Å²) in [6.45, 7) is 5.35. The Labute approximate surface area is 179 Å². The average Bonchev–Trinajstić information content (AvgIpc) is 3.16. The van der Waals surface area contributed by atoms with E-state index in [4.69, 9.17) is 4.74 Å². The van der Waals surface area contributed by atoms with Crippen LogP contribution in [0.3, 0.4) is 0 Å². The average molecular weight is 414 g/mol. The van der Waals surface area contributed by atoms with Crippen LogP contribution < -0.4 is 15.4 Å². The highest BCUT2D eigenvalue weighted by molar-refractivity contribution is 5.88. The summed E-state index contributed by atoms with van der Waals surface area (Å²) in [6.07, 6.45) is 0. The first kappa shape index (κ1) is 20.1. The molecule has 8 heteroatoms. The molecule has 156 valence electrons. The number of ether oxygens (including phenoxy) is 1. The Bertz CT molecular complexity index is 1200. The molecule has 3 N–H and O–H groups in total. The van der Waals surface area contributed by atoms with Crippen molar-refractivity contribution in [3.63, 3.8) is 0 Å². The number of nitrogens with one attached hydrogen (secondary N) is 3. The van der Waals surface area contributed by atoms with Crippen LogP contribution in [0, 0.1) is 13.8 Å². The summed E-state index contributed by atoms with van der Waals surface area (Å²) in [4.78, 5) is 20.4. The van der Waals surface area contributed by atoms with Crippen LogP contribution in [0.15, 0.2) is 60.7 Å². The maximum absolute atomic E-state index is 11.2. The fraction of sp³-hybridized carbons (Fsp3) is 0.130. The van der Waals surface area contributed by atoms with Crippen molar-refractivity contribution in [2.75, 3.05) is 10.6 Å². The Morgan fingerprint density at radius 2 is 1.74 bits per heavy atom. The standard InChI is InChI=1S/C23H22N6O2/c1-14-13-20(29-28-14)25-22-15(2)21(17-7-5-4-6-8-17)26-23(27-22)31-19-11-9-18(10-12-19)24-16(3)30/h4-13H,1-3H3,(H,24,30)(H2,25,26,27,28,29). The molecule has 0 spiro atoms. The van der Waals surface area contributed by atoms with Gasteiger partial charge in [-0.05, 0) is 38.1 Å². The number of aromatic nitrogens is 4. The highest BCUT2D eigenvalue weighted by Crippen LogP contribution is 2.31. The van der Waals surface area contributed by atoms with Crippen molar-refractivity contribution in [1.82, 2.24) is 20.2 Å². The van der Waals surface area contributed by atoms with Gasteiger partial charge in [0.1, 0.15) is 11.6 Å². The predicted octanol–water partition coefficient (Wildman–Crippen LogP) is 4.98. The van der Waals surface area contributed by atoms with Crippen LogP contribution in [0.4, 0.5) is 17.3 Å². The molecule has 4 aromatic rings. The van der Waals surface area contributed by atoms with E-state index < -0.39 is 0 Å². The zero-order valence-electron chi connectivity index (χ0n) is 17.4. The maximum atomic E-state index is 11.2. The number of anilines is 3. The summed E-state index contributed by atoms with van der Waals surface area (Å²) in [6, 6.07) is 19.0. The second-order valence-electron chi connectivity index (χ2n) is 7.06. The van der Waals surface area contributed by atoms with E-state index >= 15 is 0 Å². The third-order valence-electron chi connectivity index (χ3n) is 4.51. The van der Waals surface area contributed by atoms with E-state index in [1.807, 2.05) is 50.2 Å². The summed E-state index contributed by atoms with van der Waals surface area (Å²) in [5.74, 6) is 1.68. The van der Waals surface area contributed by atoms with Gasteiger partial charge in [-0.15, -0.1) is 0 Å². The van der Waals surface area contributed by atoms with Gasteiger partial charge in [0.15, 0.2) is 5.82 Å². The number of amides is 1. The Morgan fingerprint density at radius 3 is 2.39 bits per heavy atom. The van der Waals surface area contributed by atoms with Gasteiger partial charge in [0.2, 0.25) is 5.91 Å². The van der Waals surface area contributed by atoms with Crippen LogP contribution >= 0.6 is 0 Å². The molecule has 2 heterocycles. The molecule has 31 heavy (non-hydrogen) atoms. The third kappa shape index (κ3) is 4.87. The van der Waals surface area contributed by atoms with E-state index in [9.17, 15) is 4.79 Å². The molecule has 0 aliphatic heterocycles. The van der Waals surface area contributed by atoms with Crippen molar-refractivity contribution in [3.05, 3.63) is 71.9 Å². The van der Waals surface area contributed by atoms with Crippen molar-refractivity contribution >= 4 is 23.2 Å². The Balaban J connectivity index is 1.69. The molecule has 0 saturated heterocycles. The van der Waals surface area contributed by atoms with E-state index in [2.05, 4.69) is 30.8 Å². The van der Waals surface area contributed by atoms with E-state index in [1.165, 1.54) is 6.92 Å². The lowest BCUT2D eigenvalue weighted by Crippen LogP contribution is -2.05. The lowest BCUT2D eigenvalue weighted by molar-refractivity contribution is -0.114. The second-order valence-corrected chi connectivity index (χ2v) is 7.06. The van der Waals surface area contributed by atoms with Gasteiger partial charge in [0.05, 0.1) is 5.69 Å². The van der Waals surface area contributed by atoms with Crippen LogP contribution in [0.5, 0.6) is 11.8 Å². The van der Waals surface area contributed by atoms with Gasteiger partial charge >= 0.3 is 6.01 Å². The number of hydrogen-bond acceptors (Lipinski definition) is 6. The molecule has 0 atom stereocenters. The topological polar surface area (TPSA) is 105 Å². The first-order valence-electron chi connectivity index (χ1n) is 9.76. The number of rotatable bonds is 6. The second kappa shape index (κ2) is 8.66. The molecule has 0 aliphatic rings. The zero-order valence-corrected chi connectivity index (χ0v) is 17.4. The lowest BCUT2D eigenvalue weighted by Gasteiger charge is -2.14. The Hall–Kier alpha value is -4.20. The van der Waals surface area contributed by atoms with Gasteiger partial charge in [-0.25, -0.2) is 0 Å². The van der Waals surface area contributed by atoms with Crippen LogP contribution in [0.2, 0.25) is 0 Å². The fourth-order valence-corrected chi connectivity index (χ4v) is 3.06. The van der Waals surface area contributed by atoms with Gasteiger partial charge in [0.25, 0.3) is 0 Å². The number of carbonyl (C=O) groups excluding carboxylic acids is 1. The van der Waals surface area contributed by atoms with Crippen molar-refractivity contribution in [1.29, 1.82) is 0 Å². The molecule has 1 amide bonds. The van der Waals surface area contributed by atoms with Crippen LogP contribution in [0.1, 0.15) is 18.2 Å². The number of benzene rings is 2. The summed E-state index contributed by atoms with van der Waals surface area (Å²) in [5, 5.41) is 13.1. The summed E-state index contributed by atoms with van der Waals surface area (Å²) >= 11 is 0. The molecule has 8 nitrogen and oxygen atoms in total. The normalized spacial score (nSPS) is 10.5. The third-order valence-corrected chi connectivity index (χ3v) is 4.51. The molecule has 0 aliphatic carbocycles. The van der Waals surface area contributed by atoms with E-state index in [-0.39, 0.29) is 11.9 Å². The predicted molar refractivity (Wildman–Crippen MR) is 120 cm³/mol. The first-order chi connectivity index (χ1) is 15.0. The monoisotopic (exact) mass is 414 g/mol. The van der Waals surface area contributed by atoms with Gasteiger partial charge in [-0.1, -0.05) is 30.3 Å². The molecular formula is C23H22N6O2. The number of hydrogen-bond donors (Lipinski definition) is 3. The minimum absolute atomic E-state index is 0.132. The zero-order chi connectivity index (χ0) is 21.8. The van der Waals surface area contributed by atoms with Crippen LogP contribution in [0.25, 0.3) is 11.3 Å². The Kier molecular flexibility index (Phi) is 5.61. The van der Waals surface area contributed by atoms with E-state index in [1.54, 1.807) is 24.3 Å². The minimum atomic E-state index is -0.132. The van der Waals surface area contributed by atoms with Crippen LogP contribution in [-0.2, 0) is 4.79 Å². The molecule has 0 fully saturated rings. The number of aromatic amines is 1.